The predicted molar refractivity (Wildman–Crippen MR) is 259 cm³/mol. The number of aromatic hydroxyl groups is 1. The van der Waals surface area contributed by atoms with E-state index in [1.807, 2.05) is 63.2 Å². The van der Waals surface area contributed by atoms with E-state index in [1.54, 1.807) is 36.4 Å². The molecule has 14 heteroatoms. The lowest BCUT2D eigenvalue weighted by Gasteiger charge is -2.23. The highest BCUT2D eigenvalue weighted by Gasteiger charge is 2.41. The normalized spacial score (nSPS) is 15.4. The fourth-order valence-electron chi connectivity index (χ4n) is 7.43. The van der Waals surface area contributed by atoms with Crippen molar-refractivity contribution in [2.24, 2.45) is 15.2 Å². The number of carbonyl (C=O) groups excluding carboxylic acids is 2. The van der Waals surface area contributed by atoms with Crippen molar-refractivity contribution < 1.29 is 19.4 Å². The Morgan fingerprint density at radius 2 is 1.48 bits per heavy atom. The van der Waals surface area contributed by atoms with Crippen LogP contribution in [0.2, 0.25) is 20.1 Å². The Hall–Kier alpha value is -4.87. The number of amidine groups is 1. The summed E-state index contributed by atoms with van der Waals surface area (Å²) in [4.78, 5) is 33.1. The number of hydrogen-bond donors (Lipinski definition) is 3. The number of halogens is 4. The number of phenols is 1. The maximum Gasteiger partial charge on any atom is 0.280 e. The van der Waals surface area contributed by atoms with Crippen molar-refractivity contribution in [2.45, 2.75) is 116 Å². The molecule has 1 aliphatic heterocycles. The lowest BCUT2D eigenvalue weighted by Crippen LogP contribution is -2.36. The van der Waals surface area contributed by atoms with Crippen molar-refractivity contribution in [2.75, 3.05) is 10.3 Å². The predicted octanol–water partition coefficient (Wildman–Crippen LogP) is 14.9. The van der Waals surface area contributed by atoms with Crippen LogP contribution in [0.3, 0.4) is 0 Å². The first-order chi connectivity index (χ1) is 30.2. The molecule has 0 radical (unpaired) electrons. The first kappa shape index (κ1) is 47.6. The van der Waals surface area contributed by atoms with E-state index in [1.165, 1.54) is 50.7 Å². The lowest BCUT2D eigenvalue weighted by atomic mass is 9.86. The summed E-state index contributed by atoms with van der Waals surface area (Å²) in [7, 11) is 0. The molecule has 332 valence electrons. The number of ether oxygens (including phenoxy) is 1. The number of aliphatic imine (C=N–C) groups is 1. The molecule has 2 amide bonds. The smallest absolute Gasteiger partial charge is 0.280 e. The Morgan fingerprint density at radius 3 is 2.17 bits per heavy atom. The van der Waals surface area contributed by atoms with Gasteiger partial charge in [0.2, 0.25) is 6.04 Å². The molecule has 63 heavy (non-hydrogen) atoms. The Morgan fingerprint density at radius 1 is 0.810 bits per heavy atom. The molecule has 0 aromatic heterocycles. The molecule has 0 bridgehead atoms. The first-order valence-electron chi connectivity index (χ1n) is 21.6. The van der Waals surface area contributed by atoms with Gasteiger partial charge in [0.25, 0.3) is 11.8 Å². The summed E-state index contributed by atoms with van der Waals surface area (Å²) >= 11 is 26.1. The summed E-state index contributed by atoms with van der Waals surface area (Å²) in [6.07, 6.45) is 11.3. The van der Waals surface area contributed by atoms with Crippen LogP contribution in [0, 0.1) is 0 Å². The van der Waals surface area contributed by atoms with Crippen molar-refractivity contribution in [1.82, 2.24) is 5.43 Å². The van der Waals surface area contributed by atoms with Gasteiger partial charge in [0, 0.05) is 21.7 Å². The van der Waals surface area contributed by atoms with E-state index in [9.17, 15) is 14.7 Å². The molecule has 6 rings (SSSR count). The Labute approximate surface area is 390 Å². The minimum atomic E-state index is -1.26. The highest BCUT2D eigenvalue weighted by molar-refractivity contribution is 6.43. The second-order valence-corrected chi connectivity index (χ2v) is 18.4. The fraction of sp³-hybridized carbons (Fsp3) is 0.367. The van der Waals surface area contributed by atoms with Gasteiger partial charge in [0.15, 0.2) is 11.9 Å². The van der Waals surface area contributed by atoms with Gasteiger partial charge >= 0.3 is 0 Å². The second-order valence-electron chi connectivity index (χ2n) is 16.8. The average molecular weight is 933 g/mol. The zero-order valence-corrected chi connectivity index (χ0v) is 39.1. The van der Waals surface area contributed by atoms with Crippen LogP contribution in [-0.2, 0) is 15.0 Å². The van der Waals surface area contributed by atoms with E-state index in [0.29, 0.717) is 34.1 Å². The SMILES string of the molecule is CCCCCCCCCCCC[C@H](Oc1ccc(O)c(C(C)(C)C)c1)C(=O)Nc1ccc(Cl)c(N=C2NN(c3c(Cl)cc(Cl)cc3Cl)C(=O)[C@@H]2N=Nc2cccc3ccccc23)c1. The third-order valence-electron chi connectivity index (χ3n) is 10.8. The van der Waals surface area contributed by atoms with Gasteiger partial charge in [-0.2, -0.15) is 10.2 Å². The van der Waals surface area contributed by atoms with Gasteiger partial charge < -0.3 is 15.2 Å². The topological polar surface area (TPSA) is 128 Å². The minimum absolute atomic E-state index is 0.0839. The van der Waals surface area contributed by atoms with Crippen LogP contribution in [0.25, 0.3) is 10.8 Å². The van der Waals surface area contributed by atoms with Gasteiger partial charge in [-0.1, -0.05) is 168 Å². The number of nitrogens with zero attached hydrogens (tertiary/aromatic N) is 4. The number of hydrazine groups is 1. The number of phenolic OH excluding ortho intramolecular Hbond substituents is 1. The van der Waals surface area contributed by atoms with E-state index in [0.717, 1.165) is 41.5 Å². The number of rotatable bonds is 19. The highest BCUT2D eigenvalue weighted by atomic mass is 35.5. The van der Waals surface area contributed by atoms with Crippen molar-refractivity contribution in [1.29, 1.82) is 0 Å². The van der Waals surface area contributed by atoms with Gasteiger partial charge in [0.05, 0.1) is 26.4 Å². The van der Waals surface area contributed by atoms with E-state index >= 15 is 0 Å². The van der Waals surface area contributed by atoms with Crippen molar-refractivity contribution in [3.8, 4) is 11.5 Å². The third-order valence-corrected chi connectivity index (χ3v) is 11.9. The first-order valence-corrected chi connectivity index (χ1v) is 23.1. The standard InChI is InChI=1S/C49H54Cl4N6O4/c1-5-6-7-8-9-10-11-12-13-14-22-43(63-34-24-26-42(60)36(30-34)49(2,3)4)47(61)54-33-23-25-37(51)41(29-33)55-46-44(57-56-40-21-17-19-31-18-15-16-20-35(31)40)48(62)59(58-46)45-38(52)27-32(50)28-39(45)53/h15-21,23-30,43-44,60H,5-14,22H2,1-4H3,(H,54,61)(H,55,58)/t43-,44+/m0/s1. The maximum atomic E-state index is 14.2. The molecule has 2 atom stereocenters. The molecule has 1 saturated heterocycles. The van der Waals surface area contributed by atoms with E-state index in [-0.39, 0.29) is 49.3 Å². The number of anilines is 2. The van der Waals surface area contributed by atoms with Crippen molar-refractivity contribution in [3.63, 3.8) is 0 Å². The molecule has 10 nitrogen and oxygen atoms in total. The Kier molecular flexibility index (Phi) is 16.7. The summed E-state index contributed by atoms with van der Waals surface area (Å²) in [5.41, 5.74) is 4.75. The van der Waals surface area contributed by atoms with E-state index < -0.39 is 18.1 Å². The van der Waals surface area contributed by atoms with Crippen molar-refractivity contribution in [3.05, 3.63) is 117 Å². The van der Waals surface area contributed by atoms with E-state index in [4.69, 9.17) is 56.1 Å². The lowest BCUT2D eigenvalue weighted by molar-refractivity contribution is -0.123. The zero-order chi connectivity index (χ0) is 45.1. The number of benzene rings is 5. The molecule has 5 aromatic rings. The van der Waals surface area contributed by atoms with Gasteiger partial charge in [-0.3, -0.25) is 15.0 Å². The van der Waals surface area contributed by atoms with Crippen molar-refractivity contribution >= 4 is 97.6 Å². The summed E-state index contributed by atoms with van der Waals surface area (Å²) < 4.78 is 6.40. The third kappa shape index (κ3) is 12.7. The molecule has 1 heterocycles. The quantitative estimate of drug-likeness (QED) is 0.0561. The summed E-state index contributed by atoms with van der Waals surface area (Å²) in [6.45, 7) is 8.25. The molecule has 0 unspecified atom stereocenters. The van der Waals surface area contributed by atoms with Crippen LogP contribution in [0.15, 0.2) is 106 Å². The molecule has 0 saturated carbocycles. The van der Waals surface area contributed by atoms with Crippen LogP contribution in [0.5, 0.6) is 11.5 Å². The Bertz CT molecular complexity index is 2440. The number of unbranched alkanes of at least 4 members (excludes halogenated alkanes) is 9. The molecular formula is C49H54Cl4N6O4. The van der Waals surface area contributed by atoms with Gasteiger partial charge in [-0.25, -0.2) is 10.0 Å². The van der Waals surface area contributed by atoms with Crippen LogP contribution in [-0.4, -0.2) is 34.9 Å². The van der Waals surface area contributed by atoms with Crippen LogP contribution in [0.1, 0.15) is 104 Å². The Balaban J connectivity index is 1.25. The van der Waals surface area contributed by atoms with Gasteiger partial charge in [-0.05, 0) is 78.2 Å². The monoisotopic (exact) mass is 930 g/mol. The average Bonchev–Trinajstić information content (AvgIpc) is 3.54. The molecule has 0 aliphatic carbocycles. The molecule has 0 spiro atoms. The summed E-state index contributed by atoms with van der Waals surface area (Å²) in [5.74, 6) is -0.175. The molecule has 3 N–H and O–H groups in total. The van der Waals surface area contributed by atoms with Crippen LogP contribution < -0.4 is 20.5 Å². The van der Waals surface area contributed by atoms with Gasteiger partial charge in [0.1, 0.15) is 17.2 Å². The van der Waals surface area contributed by atoms with Crippen LogP contribution in [0.4, 0.5) is 22.7 Å². The molecule has 1 fully saturated rings. The summed E-state index contributed by atoms with van der Waals surface area (Å²) in [6, 6.07) is 25.0. The summed E-state index contributed by atoms with van der Waals surface area (Å²) in [5, 5.41) is 26.4. The maximum absolute atomic E-state index is 14.2. The van der Waals surface area contributed by atoms with Gasteiger partial charge in [-0.15, -0.1) is 0 Å². The molecular weight excluding hydrogens is 878 g/mol. The van der Waals surface area contributed by atoms with E-state index in [2.05, 4.69) is 27.9 Å². The number of carbonyl (C=O) groups is 2. The zero-order valence-electron chi connectivity index (χ0n) is 36.1. The minimum Gasteiger partial charge on any atom is -0.508 e. The number of hydrogen-bond acceptors (Lipinski definition) is 7. The number of azo groups is 1. The fourth-order valence-corrected chi connectivity index (χ4v) is 8.58. The number of fused-ring (bicyclic) bond motifs is 1. The molecule has 5 aromatic carbocycles. The van der Waals surface area contributed by atoms with Crippen LogP contribution >= 0.6 is 46.4 Å². The largest absolute Gasteiger partial charge is 0.508 e. The number of amides is 2. The number of nitrogens with one attached hydrogen (secondary N) is 2. The molecule has 1 aliphatic rings. The highest BCUT2D eigenvalue weighted by Crippen LogP contribution is 2.39. The second kappa shape index (κ2) is 22.2.